The first kappa shape index (κ1) is 23.5. The minimum absolute atomic E-state index is 0.637. The lowest BCUT2D eigenvalue weighted by Gasteiger charge is -2.28. The Hall–Kier alpha value is -3.19. The maximum atomic E-state index is 5.52. The van der Waals surface area contributed by atoms with E-state index in [0.29, 0.717) is 5.95 Å². The van der Waals surface area contributed by atoms with Crippen LogP contribution in [0.2, 0.25) is 0 Å². The van der Waals surface area contributed by atoms with Gasteiger partial charge >= 0.3 is 0 Å². The van der Waals surface area contributed by atoms with E-state index in [1.165, 1.54) is 0 Å². The van der Waals surface area contributed by atoms with Crippen LogP contribution in [0.4, 0.5) is 11.8 Å². The highest BCUT2D eigenvalue weighted by Gasteiger charge is 2.17. The molecular weight excluding hydrogens is 400 g/mol. The van der Waals surface area contributed by atoms with Crippen molar-refractivity contribution in [1.29, 1.82) is 0 Å². The van der Waals surface area contributed by atoms with Gasteiger partial charge in [-0.2, -0.15) is 4.98 Å². The molecule has 7 heteroatoms. The van der Waals surface area contributed by atoms with E-state index in [4.69, 9.17) is 14.7 Å². The van der Waals surface area contributed by atoms with Gasteiger partial charge in [0, 0.05) is 67.5 Å². The molecule has 7 nitrogen and oxygen atoms in total. The minimum atomic E-state index is 0.637. The lowest BCUT2D eigenvalue weighted by Crippen LogP contribution is -2.37. The number of nitrogens with one attached hydrogen (secondary N) is 2. The molecule has 4 rings (SSSR count). The highest BCUT2D eigenvalue weighted by molar-refractivity contribution is 5.95. The molecule has 0 saturated carbocycles. The zero-order chi connectivity index (χ0) is 22.8. The number of ether oxygens (including phenoxy) is 1. The number of anilines is 2. The highest BCUT2D eigenvalue weighted by atomic mass is 16.5. The van der Waals surface area contributed by atoms with Gasteiger partial charge in [0.15, 0.2) is 0 Å². The smallest absolute Gasteiger partial charge is 0.225 e. The molecule has 3 aromatic rings. The molecule has 2 N–H and O–H groups in total. The summed E-state index contributed by atoms with van der Waals surface area (Å²) >= 11 is 0. The summed E-state index contributed by atoms with van der Waals surface area (Å²) in [5, 5.41) is 4.55. The van der Waals surface area contributed by atoms with Crippen molar-refractivity contribution in [3.63, 3.8) is 0 Å². The zero-order valence-corrected chi connectivity index (χ0v) is 19.6. The van der Waals surface area contributed by atoms with Crippen LogP contribution in [0.5, 0.6) is 0 Å². The number of aliphatic imine (C=N–C) groups is 1. The molecule has 0 radical (unpaired) electrons. The number of aromatic amines is 1. The van der Waals surface area contributed by atoms with E-state index in [1.807, 2.05) is 46.2 Å². The number of nitrogens with zero attached hydrogens (tertiary/aromatic N) is 4. The zero-order valence-electron chi connectivity index (χ0n) is 19.6. The number of morpholine rings is 1. The lowest BCUT2D eigenvalue weighted by atomic mass is 10.1. The van der Waals surface area contributed by atoms with Crippen molar-refractivity contribution in [2.24, 2.45) is 4.99 Å². The van der Waals surface area contributed by atoms with Gasteiger partial charge in [0.2, 0.25) is 5.95 Å². The third-order valence-corrected chi connectivity index (χ3v) is 5.23. The number of hydrogen-bond acceptors (Lipinski definition) is 6. The summed E-state index contributed by atoms with van der Waals surface area (Å²) in [6.07, 6.45) is 6.82. The quantitative estimate of drug-likeness (QED) is 0.515. The van der Waals surface area contributed by atoms with Gasteiger partial charge in [-0.05, 0) is 25.1 Å². The van der Waals surface area contributed by atoms with Crippen molar-refractivity contribution in [1.82, 2.24) is 15.0 Å². The summed E-state index contributed by atoms with van der Waals surface area (Å²) in [4.78, 5) is 19.5. The second-order valence-electron chi connectivity index (χ2n) is 7.17. The van der Waals surface area contributed by atoms with Gasteiger partial charge in [0.05, 0.1) is 18.9 Å². The van der Waals surface area contributed by atoms with Gasteiger partial charge in [-0.15, -0.1) is 0 Å². The molecule has 0 unspecified atom stereocenters. The van der Waals surface area contributed by atoms with Crippen LogP contribution >= 0.6 is 0 Å². The molecular formula is C25H34N6O. The first-order valence-electron chi connectivity index (χ1n) is 11.4. The van der Waals surface area contributed by atoms with Crippen molar-refractivity contribution in [3.8, 4) is 11.3 Å². The van der Waals surface area contributed by atoms with Gasteiger partial charge in [-0.1, -0.05) is 32.1 Å². The Morgan fingerprint density at radius 1 is 1.22 bits per heavy atom. The molecule has 170 valence electrons. The number of hydrogen-bond donors (Lipinski definition) is 2. The largest absolute Gasteiger partial charge is 0.378 e. The van der Waals surface area contributed by atoms with Crippen LogP contribution in [0.3, 0.4) is 0 Å². The summed E-state index contributed by atoms with van der Waals surface area (Å²) < 4.78 is 5.52. The van der Waals surface area contributed by atoms with Gasteiger partial charge in [0.1, 0.15) is 5.82 Å². The van der Waals surface area contributed by atoms with E-state index in [0.717, 1.165) is 73.0 Å². The monoisotopic (exact) mass is 434 g/mol. The molecule has 1 aliphatic heterocycles. The highest BCUT2D eigenvalue weighted by Crippen LogP contribution is 2.30. The number of benzene rings is 1. The van der Waals surface area contributed by atoms with Gasteiger partial charge in [-0.3, -0.25) is 4.99 Å². The predicted molar refractivity (Wildman–Crippen MR) is 135 cm³/mol. The molecule has 0 amide bonds. The molecule has 0 bridgehead atoms. The Labute approximate surface area is 190 Å². The maximum absolute atomic E-state index is 5.52. The first-order chi connectivity index (χ1) is 15.8. The number of H-pyrrole nitrogens is 1. The molecule has 2 aromatic heterocycles. The Bertz CT molecular complexity index is 1050. The fourth-order valence-corrected chi connectivity index (χ4v) is 3.68. The van der Waals surface area contributed by atoms with Gasteiger partial charge in [0.25, 0.3) is 0 Å². The number of rotatable bonds is 7. The number of allylic oxidation sites excluding steroid dienone is 2. The van der Waals surface area contributed by atoms with E-state index >= 15 is 0 Å². The summed E-state index contributed by atoms with van der Waals surface area (Å²) in [6.45, 7) is 9.82. The molecule has 1 fully saturated rings. The van der Waals surface area contributed by atoms with E-state index in [-0.39, 0.29) is 0 Å². The molecule has 1 aromatic carbocycles. The molecule has 1 aliphatic rings. The maximum Gasteiger partial charge on any atom is 0.225 e. The number of aromatic nitrogens is 3. The van der Waals surface area contributed by atoms with Gasteiger partial charge < -0.3 is 19.9 Å². The Morgan fingerprint density at radius 2 is 2.03 bits per heavy atom. The van der Waals surface area contributed by atoms with Gasteiger partial charge in [-0.25, -0.2) is 4.98 Å². The van der Waals surface area contributed by atoms with Crippen molar-refractivity contribution in [3.05, 3.63) is 48.7 Å². The van der Waals surface area contributed by atoms with Crippen LogP contribution in [0, 0.1) is 0 Å². The molecule has 0 spiro atoms. The minimum Gasteiger partial charge on any atom is -0.378 e. The lowest BCUT2D eigenvalue weighted by molar-refractivity contribution is 0.122. The molecule has 0 aliphatic carbocycles. The van der Waals surface area contributed by atoms with Crippen LogP contribution in [0.15, 0.2) is 53.7 Å². The fourth-order valence-electron chi connectivity index (χ4n) is 3.68. The van der Waals surface area contributed by atoms with E-state index in [2.05, 4.69) is 50.5 Å². The van der Waals surface area contributed by atoms with Crippen molar-refractivity contribution >= 4 is 28.4 Å². The SMILES string of the molecule is C/C=C\C(CCNc1nc(-c2cccc3[nH]ccc23)cc(N2CCOCC2)n1)=NC.CC. The standard InChI is InChI=1S/C23H28N6O.C2H6/c1-3-5-17(24-2)8-10-26-23-27-21(16-22(28-23)29-12-14-30-15-13-29)18-6-4-7-20-19(18)9-11-25-20;1-2/h3-7,9,11,16,25H,8,10,12-15H2,1-2H3,(H,26,27,28);1-2H3/b5-3-,24-17?;. The molecule has 32 heavy (non-hydrogen) atoms. The van der Waals surface area contributed by atoms with E-state index in [9.17, 15) is 0 Å². The second kappa shape index (κ2) is 12.0. The summed E-state index contributed by atoms with van der Waals surface area (Å²) in [5.74, 6) is 1.56. The van der Waals surface area contributed by atoms with Crippen LogP contribution in [-0.2, 0) is 4.74 Å². The molecule has 3 heterocycles. The van der Waals surface area contributed by atoms with Crippen molar-refractivity contribution < 1.29 is 4.74 Å². The van der Waals surface area contributed by atoms with Crippen LogP contribution in [0.25, 0.3) is 22.2 Å². The van der Waals surface area contributed by atoms with E-state index < -0.39 is 0 Å². The van der Waals surface area contributed by atoms with Crippen molar-refractivity contribution in [2.45, 2.75) is 27.2 Å². The third kappa shape index (κ3) is 5.73. The van der Waals surface area contributed by atoms with Crippen molar-refractivity contribution in [2.75, 3.05) is 50.1 Å². The Kier molecular flexibility index (Phi) is 8.80. The Morgan fingerprint density at radius 3 is 2.78 bits per heavy atom. The van der Waals surface area contributed by atoms with E-state index in [1.54, 1.807) is 0 Å². The fraction of sp³-hybridized carbons (Fsp3) is 0.400. The van der Waals surface area contributed by atoms with Crippen LogP contribution in [0.1, 0.15) is 27.2 Å². The average Bonchev–Trinajstić information content (AvgIpc) is 3.34. The summed E-state index contributed by atoms with van der Waals surface area (Å²) in [7, 11) is 1.82. The second-order valence-corrected chi connectivity index (χ2v) is 7.17. The molecule has 1 saturated heterocycles. The first-order valence-corrected chi connectivity index (χ1v) is 11.4. The summed E-state index contributed by atoms with van der Waals surface area (Å²) in [6, 6.07) is 10.4. The Balaban J connectivity index is 0.00000141. The van der Waals surface area contributed by atoms with Crippen LogP contribution in [-0.4, -0.2) is 60.6 Å². The topological polar surface area (TPSA) is 78.4 Å². The summed E-state index contributed by atoms with van der Waals surface area (Å²) in [5.41, 5.74) is 4.16. The third-order valence-electron chi connectivity index (χ3n) is 5.23. The normalized spacial score (nSPS) is 14.5. The number of fused-ring (bicyclic) bond motifs is 1. The predicted octanol–water partition coefficient (Wildman–Crippen LogP) is 4.94. The van der Waals surface area contributed by atoms with Crippen LogP contribution < -0.4 is 10.2 Å². The average molecular weight is 435 g/mol. The molecule has 0 atom stereocenters.